The molecular weight excluding hydrogens is 486 g/mol. The summed E-state index contributed by atoms with van der Waals surface area (Å²) >= 11 is 4.80. The standard InChI is InChI=1S/C24H28BrN5OS/c1-6-30-22(17-10-12-19(13-11-17)24(3,4)5)28-29-23(30)32-15-21(31)27-26-16(2)18-8-7-9-20(25)14-18/h7-14H,6,15H2,1-5H3,(H,27,31). The molecule has 1 amide bonds. The second kappa shape index (κ2) is 10.4. The number of hydrogen-bond acceptors (Lipinski definition) is 5. The first-order valence-corrected chi connectivity index (χ1v) is 12.2. The van der Waals surface area contributed by atoms with Gasteiger partial charge in [-0.15, -0.1) is 10.2 Å². The molecule has 1 aromatic heterocycles. The summed E-state index contributed by atoms with van der Waals surface area (Å²) in [5, 5.41) is 13.6. The molecule has 0 bridgehead atoms. The maximum Gasteiger partial charge on any atom is 0.250 e. The number of benzene rings is 2. The van der Waals surface area contributed by atoms with Crippen molar-refractivity contribution in [2.75, 3.05) is 5.75 Å². The van der Waals surface area contributed by atoms with Crippen molar-refractivity contribution in [3.63, 3.8) is 0 Å². The largest absolute Gasteiger partial charge is 0.302 e. The lowest BCUT2D eigenvalue weighted by molar-refractivity contribution is -0.118. The van der Waals surface area contributed by atoms with Crippen molar-refractivity contribution in [2.45, 2.75) is 51.7 Å². The quantitative estimate of drug-likeness (QED) is 0.251. The van der Waals surface area contributed by atoms with E-state index in [0.29, 0.717) is 11.7 Å². The van der Waals surface area contributed by atoms with Crippen LogP contribution in [0, 0.1) is 0 Å². The maximum atomic E-state index is 12.3. The molecule has 2 aromatic carbocycles. The first kappa shape index (κ1) is 24.2. The van der Waals surface area contributed by atoms with Crippen molar-refractivity contribution in [3.8, 4) is 11.4 Å². The highest BCUT2D eigenvalue weighted by atomic mass is 79.9. The van der Waals surface area contributed by atoms with Crippen LogP contribution in [0.4, 0.5) is 0 Å². The van der Waals surface area contributed by atoms with E-state index in [9.17, 15) is 4.79 Å². The summed E-state index contributed by atoms with van der Waals surface area (Å²) < 4.78 is 2.99. The summed E-state index contributed by atoms with van der Waals surface area (Å²) in [6.07, 6.45) is 0. The van der Waals surface area contributed by atoms with E-state index in [1.807, 2.05) is 42.7 Å². The molecule has 32 heavy (non-hydrogen) atoms. The van der Waals surface area contributed by atoms with Gasteiger partial charge in [0.05, 0.1) is 11.5 Å². The van der Waals surface area contributed by atoms with Crippen LogP contribution in [0.5, 0.6) is 0 Å². The fraction of sp³-hybridized carbons (Fsp3) is 0.333. The van der Waals surface area contributed by atoms with Gasteiger partial charge in [0, 0.05) is 16.6 Å². The predicted molar refractivity (Wildman–Crippen MR) is 135 cm³/mol. The number of amides is 1. The number of hydrogen-bond donors (Lipinski definition) is 1. The average molecular weight is 514 g/mol. The van der Waals surface area contributed by atoms with Gasteiger partial charge in [-0.3, -0.25) is 4.79 Å². The molecule has 0 fully saturated rings. The van der Waals surface area contributed by atoms with Crippen molar-refractivity contribution in [1.82, 2.24) is 20.2 Å². The Morgan fingerprint density at radius 2 is 1.88 bits per heavy atom. The molecule has 0 spiro atoms. The molecule has 0 saturated carbocycles. The fourth-order valence-electron chi connectivity index (χ4n) is 3.10. The van der Waals surface area contributed by atoms with Gasteiger partial charge in [-0.1, -0.05) is 84.9 Å². The second-order valence-electron chi connectivity index (χ2n) is 8.41. The number of rotatable bonds is 7. The Morgan fingerprint density at radius 3 is 2.50 bits per heavy atom. The highest BCUT2D eigenvalue weighted by Gasteiger charge is 2.17. The molecule has 0 unspecified atom stereocenters. The van der Waals surface area contributed by atoms with Crippen LogP contribution in [0.1, 0.15) is 45.7 Å². The van der Waals surface area contributed by atoms with Crippen LogP contribution in [-0.4, -0.2) is 32.1 Å². The van der Waals surface area contributed by atoms with Gasteiger partial charge in [-0.25, -0.2) is 5.43 Å². The van der Waals surface area contributed by atoms with E-state index in [2.05, 4.69) is 81.7 Å². The van der Waals surface area contributed by atoms with Crippen LogP contribution < -0.4 is 5.43 Å². The first-order valence-electron chi connectivity index (χ1n) is 10.4. The van der Waals surface area contributed by atoms with Crippen LogP contribution in [-0.2, 0) is 16.8 Å². The number of aromatic nitrogens is 3. The van der Waals surface area contributed by atoms with Gasteiger partial charge >= 0.3 is 0 Å². The SMILES string of the molecule is CCn1c(SCC(=O)NN=C(C)c2cccc(Br)c2)nnc1-c1ccc(C(C)(C)C)cc1. The number of thioether (sulfide) groups is 1. The van der Waals surface area contributed by atoms with Crippen molar-refractivity contribution in [2.24, 2.45) is 5.10 Å². The van der Waals surface area contributed by atoms with E-state index in [4.69, 9.17) is 0 Å². The van der Waals surface area contributed by atoms with Crippen molar-refractivity contribution in [3.05, 3.63) is 64.1 Å². The van der Waals surface area contributed by atoms with Crippen LogP contribution in [0.2, 0.25) is 0 Å². The predicted octanol–water partition coefficient (Wildman–Crippen LogP) is 5.66. The Morgan fingerprint density at radius 1 is 1.16 bits per heavy atom. The lowest BCUT2D eigenvalue weighted by Crippen LogP contribution is -2.21. The molecule has 0 saturated heterocycles. The molecule has 0 aliphatic carbocycles. The summed E-state index contributed by atoms with van der Waals surface area (Å²) in [5.41, 5.74) is 6.69. The zero-order valence-electron chi connectivity index (χ0n) is 19.0. The highest BCUT2D eigenvalue weighted by molar-refractivity contribution is 9.10. The Kier molecular flexibility index (Phi) is 7.90. The zero-order chi connectivity index (χ0) is 23.3. The van der Waals surface area contributed by atoms with E-state index in [-0.39, 0.29) is 17.1 Å². The van der Waals surface area contributed by atoms with Crippen LogP contribution in [0.15, 0.2) is 63.3 Å². The Labute approximate surface area is 202 Å². The summed E-state index contributed by atoms with van der Waals surface area (Å²) in [7, 11) is 0. The molecule has 6 nitrogen and oxygen atoms in total. The van der Waals surface area contributed by atoms with E-state index in [1.54, 1.807) is 0 Å². The molecule has 3 aromatic rings. The molecule has 1 heterocycles. The van der Waals surface area contributed by atoms with Crippen LogP contribution >= 0.6 is 27.7 Å². The molecule has 0 atom stereocenters. The molecule has 0 aliphatic heterocycles. The topological polar surface area (TPSA) is 72.2 Å². The van der Waals surface area contributed by atoms with Crippen molar-refractivity contribution in [1.29, 1.82) is 0 Å². The minimum absolute atomic E-state index is 0.100. The monoisotopic (exact) mass is 513 g/mol. The van der Waals surface area contributed by atoms with Gasteiger partial charge in [0.25, 0.3) is 5.91 Å². The summed E-state index contributed by atoms with van der Waals surface area (Å²) in [6, 6.07) is 16.2. The van der Waals surface area contributed by atoms with E-state index < -0.39 is 0 Å². The van der Waals surface area contributed by atoms with Gasteiger partial charge in [-0.2, -0.15) is 5.10 Å². The van der Waals surface area contributed by atoms with Crippen LogP contribution in [0.3, 0.4) is 0 Å². The lowest BCUT2D eigenvalue weighted by atomic mass is 9.87. The van der Waals surface area contributed by atoms with Gasteiger partial charge < -0.3 is 4.57 Å². The molecule has 168 valence electrons. The minimum atomic E-state index is -0.189. The van der Waals surface area contributed by atoms with Crippen molar-refractivity contribution >= 4 is 39.3 Å². The number of nitrogens with zero attached hydrogens (tertiary/aromatic N) is 4. The molecular formula is C24H28BrN5OS. The lowest BCUT2D eigenvalue weighted by Gasteiger charge is -2.19. The first-order chi connectivity index (χ1) is 15.2. The Bertz CT molecular complexity index is 1120. The molecule has 3 rings (SSSR count). The fourth-order valence-corrected chi connectivity index (χ4v) is 4.29. The summed E-state index contributed by atoms with van der Waals surface area (Å²) in [6.45, 7) is 11.2. The third-order valence-corrected chi connectivity index (χ3v) is 6.43. The van der Waals surface area contributed by atoms with Gasteiger partial charge in [-0.05, 0) is 42.5 Å². The number of hydrazone groups is 1. The van der Waals surface area contributed by atoms with Crippen LogP contribution in [0.25, 0.3) is 11.4 Å². The summed E-state index contributed by atoms with van der Waals surface area (Å²) in [4.78, 5) is 12.3. The Hall–Kier alpha value is -2.45. The van der Waals surface area contributed by atoms with Crippen molar-refractivity contribution < 1.29 is 4.79 Å². The third kappa shape index (κ3) is 6.07. The molecule has 8 heteroatoms. The second-order valence-corrected chi connectivity index (χ2v) is 10.3. The zero-order valence-corrected chi connectivity index (χ0v) is 21.4. The molecule has 0 radical (unpaired) electrons. The van der Waals surface area contributed by atoms with E-state index >= 15 is 0 Å². The number of carbonyl (C=O) groups is 1. The Balaban J connectivity index is 1.65. The minimum Gasteiger partial charge on any atom is -0.302 e. The van der Waals surface area contributed by atoms with E-state index in [1.165, 1.54) is 17.3 Å². The van der Waals surface area contributed by atoms with E-state index in [0.717, 1.165) is 27.1 Å². The van der Waals surface area contributed by atoms with Gasteiger partial charge in [0.15, 0.2) is 11.0 Å². The highest BCUT2D eigenvalue weighted by Crippen LogP contribution is 2.27. The average Bonchev–Trinajstić information content (AvgIpc) is 3.18. The molecule has 1 N–H and O–H groups in total. The number of carbonyl (C=O) groups excluding carboxylic acids is 1. The number of nitrogens with one attached hydrogen (secondary N) is 1. The maximum absolute atomic E-state index is 12.3. The molecule has 0 aliphatic rings. The number of halogens is 1. The third-order valence-electron chi connectivity index (χ3n) is 4.97. The van der Waals surface area contributed by atoms with Gasteiger partial charge in [0.1, 0.15) is 0 Å². The normalized spacial score (nSPS) is 12.1. The smallest absolute Gasteiger partial charge is 0.250 e. The summed E-state index contributed by atoms with van der Waals surface area (Å²) in [5.74, 6) is 0.821. The van der Waals surface area contributed by atoms with Gasteiger partial charge in [0.2, 0.25) is 0 Å².